The molecule has 0 fully saturated rings. The molecule has 3 rings (SSSR count). The van der Waals surface area contributed by atoms with Crippen molar-refractivity contribution in [1.82, 2.24) is 14.9 Å². The van der Waals surface area contributed by atoms with Gasteiger partial charge in [0.05, 0.1) is 18.7 Å². The molecule has 28 heavy (non-hydrogen) atoms. The van der Waals surface area contributed by atoms with Crippen LogP contribution in [0.15, 0.2) is 40.3 Å². The fourth-order valence-corrected chi connectivity index (χ4v) is 4.15. The summed E-state index contributed by atoms with van der Waals surface area (Å²) < 4.78 is 6.84. The predicted octanol–water partition coefficient (Wildman–Crippen LogP) is 2.63. The van der Waals surface area contributed by atoms with Gasteiger partial charge in [-0.05, 0) is 24.1 Å². The molecule has 1 aromatic heterocycles. The number of carbonyl (C=O) groups is 1. The van der Waals surface area contributed by atoms with Gasteiger partial charge in [-0.2, -0.15) is 0 Å². The largest absolute Gasteiger partial charge is 0.497 e. The molecular formula is C21H27N3O3S. The van der Waals surface area contributed by atoms with E-state index >= 15 is 0 Å². The number of thioether (sulfide) groups is 1. The molecule has 0 radical (unpaired) electrons. The summed E-state index contributed by atoms with van der Waals surface area (Å²) in [6.45, 7) is 7.05. The molecule has 1 amide bonds. The van der Waals surface area contributed by atoms with Crippen molar-refractivity contribution in [1.29, 1.82) is 0 Å². The lowest BCUT2D eigenvalue weighted by atomic mass is 9.92. The van der Waals surface area contributed by atoms with Crippen molar-refractivity contribution in [2.24, 2.45) is 5.92 Å². The Bertz CT molecular complexity index is 918. The predicted molar refractivity (Wildman–Crippen MR) is 111 cm³/mol. The van der Waals surface area contributed by atoms with Gasteiger partial charge in [-0.15, -0.1) is 0 Å². The van der Waals surface area contributed by atoms with E-state index in [9.17, 15) is 9.59 Å². The van der Waals surface area contributed by atoms with Crippen LogP contribution in [0.2, 0.25) is 0 Å². The summed E-state index contributed by atoms with van der Waals surface area (Å²) in [5, 5.41) is 3.70. The number of aromatic nitrogens is 2. The van der Waals surface area contributed by atoms with E-state index in [1.54, 1.807) is 17.7 Å². The highest BCUT2D eigenvalue weighted by Crippen LogP contribution is 2.28. The highest BCUT2D eigenvalue weighted by molar-refractivity contribution is 7.99. The van der Waals surface area contributed by atoms with Gasteiger partial charge in [-0.1, -0.05) is 44.7 Å². The average Bonchev–Trinajstić information content (AvgIpc) is 2.67. The first kappa shape index (κ1) is 20.5. The number of carbonyl (C=O) groups excluding carboxylic acids is 1. The molecular weight excluding hydrogens is 374 g/mol. The van der Waals surface area contributed by atoms with E-state index < -0.39 is 0 Å². The van der Waals surface area contributed by atoms with E-state index in [-0.39, 0.29) is 22.8 Å². The van der Waals surface area contributed by atoms with Crippen molar-refractivity contribution in [2.75, 3.05) is 19.4 Å². The third-order valence-corrected chi connectivity index (χ3v) is 5.91. The normalized spacial score (nSPS) is 16.4. The van der Waals surface area contributed by atoms with Crippen molar-refractivity contribution in [3.05, 3.63) is 51.9 Å². The zero-order valence-electron chi connectivity index (χ0n) is 16.8. The van der Waals surface area contributed by atoms with Crippen LogP contribution in [0.4, 0.5) is 0 Å². The zero-order chi connectivity index (χ0) is 20.3. The van der Waals surface area contributed by atoms with E-state index in [1.165, 1.54) is 11.8 Å². The monoisotopic (exact) mass is 401 g/mol. The molecule has 1 N–H and O–H groups in total. The van der Waals surface area contributed by atoms with Crippen molar-refractivity contribution >= 4 is 17.7 Å². The van der Waals surface area contributed by atoms with Gasteiger partial charge in [0.2, 0.25) is 5.91 Å². The van der Waals surface area contributed by atoms with Gasteiger partial charge in [0.25, 0.3) is 5.56 Å². The van der Waals surface area contributed by atoms with Crippen LogP contribution in [0.3, 0.4) is 0 Å². The number of amides is 1. The number of fused-ring (bicyclic) bond motifs is 1. The Kier molecular flexibility index (Phi) is 6.13. The number of methoxy groups -OCH3 is 1. The number of ether oxygens (including phenoxy) is 1. The van der Waals surface area contributed by atoms with Crippen LogP contribution in [-0.4, -0.2) is 34.9 Å². The summed E-state index contributed by atoms with van der Waals surface area (Å²) in [5.74, 6) is 1.19. The third-order valence-electron chi connectivity index (χ3n) is 4.78. The second-order valence-electron chi connectivity index (χ2n) is 8.02. The zero-order valence-corrected chi connectivity index (χ0v) is 17.6. The molecule has 1 aliphatic rings. The summed E-state index contributed by atoms with van der Waals surface area (Å²) in [7, 11) is 1.64. The quantitative estimate of drug-likeness (QED) is 0.780. The lowest BCUT2D eigenvalue weighted by Crippen LogP contribution is -2.41. The van der Waals surface area contributed by atoms with Crippen LogP contribution in [0.25, 0.3) is 0 Å². The topological polar surface area (TPSA) is 73.2 Å². The summed E-state index contributed by atoms with van der Waals surface area (Å²) in [4.78, 5) is 29.7. The number of benzene rings is 1. The van der Waals surface area contributed by atoms with Gasteiger partial charge in [0.1, 0.15) is 5.75 Å². The lowest BCUT2D eigenvalue weighted by Gasteiger charge is -2.26. The molecule has 1 atom stereocenters. The maximum absolute atomic E-state index is 12.6. The first-order chi connectivity index (χ1) is 13.3. The Morgan fingerprint density at radius 1 is 1.36 bits per heavy atom. The Hall–Kier alpha value is -2.28. The number of nitrogens with zero attached hydrogens (tertiary/aromatic N) is 2. The fourth-order valence-electron chi connectivity index (χ4n) is 3.06. The average molecular weight is 402 g/mol. The maximum Gasteiger partial charge on any atom is 0.254 e. The van der Waals surface area contributed by atoms with Crippen LogP contribution >= 0.6 is 11.8 Å². The van der Waals surface area contributed by atoms with Crippen LogP contribution in [0.5, 0.6) is 5.75 Å². The highest BCUT2D eigenvalue weighted by Gasteiger charge is 2.28. The maximum atomic E-state index is 12.6. The van der Waals surface area contributed by atoms with Crippen LogP contribution in [0.1, 0.15) is 32.0 Å². The third kappa shape index (κ3) is 4.76. The lowest BCUT2D eigenvalue weighted by molar-refractivity contribution is -0.124. The number of hydrogen-bond donors (Lipinski definition) is 1. The van der Waals surface area contributed by atoms with E-state index in [1.807, 2.05) is 45.0 Å². The molecule has 0 spiro atoms. The highest BCUT2D eigenvalue weighted by atomic mass is 32.2. The Balaban J connectivity index is 1.60. The molecule has 0 aliphatic carbocycles. The fraction of sp³-hybridized carbons (Fsp3) is 0.476. The van der Waals surface area contributed by atoms with Gasteiger partial charge in [-0.25, -0.2) is 4.98 Å². The van der Waals surface area contributed by atoms with Gasteiger partial charge < -0.3 is 10.1 Å². The second kappa shape index (κ2) is 8.39. The molecule has 150 valence electrons. The molecule has 0 saturated carbocycles. The minimum atomic E-state index is -0.234. The SMILES string of the molecule is COc1cccc(CCNC(=O)C2CSc3nc(C(C)(C)C)cc(=O)n3C2)c1. The first-order valence-corrected chi connectivity index (χ1v) is 10.4. The molecule has 0 saturated heterocycles. The second-order valence-corrected chi connectivity index (χ2v) is 9.01. The van der Waals surface area contributed by atoms with Gasteiger partial charge in [0, 0.05) is 30.3 Å². The van der Waals surface area contributed by atoms with E-state index in [2.05, 4.69) is 10.3 Å². The molecule has 7 heteroatoms. The molecule has 1 unspecified atom stereocenters. The smallest absolute Gasteiger partial charge is 0.254 e. The van der Waals surface area contributed by atoms with Crippen molar-refractivity contribution in [2.45, 2.75) is 44.3 Å². The number of hydrogen-bond acceptors (Lipinski definition) is 5. The van der Waals surface area contributed by atoms with Crippen molar-refractivity contribution < 1.29 is 9.53 Å². The van der Waals surface area contributed by atoms with Gasteiger partial charge in [0.15, 0.2) is 5.16 Å². The van der Waals surface area contributed by atoms with Crippen molar-refractivity contribution in [3.8, 4) is 5.75 Å². The Morgan fingerprint density at radius 3 is 2.86 bits per heavy atom. The van der Waals surface area contributed by atoms with Crippen molar-refractivity contribution in [3.63, 3.8) is 0 Å². The summed E-state index contributed by atoms with van der Waals surface area (Å²) in [6, 6.07) is 9.41. The molecule has 6 nitrogen and oxygen atoms in total. The van der Waals surface area contributed by atoms with E-state index in [0.29, 0.717) is 24.0 Å². The van der Waals surface area contributed by atoms with Gasteiger partial charge in [-0.3, -0.25) is 14.2 Å². The molecule has 1 aromatic carbocycles. The summed E-state index contributed by atoms with van der Waals surface area (Å²) in [6.07, 6.45) is 0.732. The van der Waals surface area contributed by atoms with E-state index in [0.717, 1.165) is 23.4 Å². The van der Waals surface area contributed by atoms with Crippen LogP contribution < -0.4 is 15.6 Å². The molecule has 1 aliphatic heterocycles. The Morgan fingerprint density at radius 2 is 2.14 bits per heavy atom. The summed E-state index contributed by atoms with van der Waals surface area (Å²) in [5.41, 5.74) is 1.64. The first-order valence-electron chi connectivity index (χ1n) is 9.44. The molecule has 2 aromatic rings. The van der Waals surface area contributed by atoms with E-state index in [4.69, 9.17) is 4.74 Å². The molecule has 0 bridgehead atoms. The summed E-state index contributed by atoms with van der Waals surface area (Å²) >= 11 is 1.48. The van der Waals surface area contributed by atoms with Crippen LogP contribution in [0, 0.1) is 5.92 Å². The van der Waals surface area contributed by atoms with Gasteiger partial charge >= 0.3 is 0 Å². The van der Waals surface area contributed by atoms with Crippen LogP contribution in [-0.2, 0) is 23.2 Å². The minimum Gasteiger partial charge on any atom is -0.497 e. The molecule has 2 heterocycles. The number of rotatable bonds is 5. The minimum absolute atomic E-state index is 0.0205. The standard InChI is InChI=1S/C21H27N3O3S/c1-21(2,3)17-11-18(25)24-12-15(13-28-20(24)23-17)19(26)22-9-8-14-6-5-7-16(10-14)27-4/h5-7,10-11,15H,8-9,12-13H2,1-4H3,(H,22,26). The number of nitrogens with one attached hydrogen (secondary N) is 1. The Labute approximate surface area is 169 Å².